The van der Waals surface area contributed by atoms with Crippen LogP contribution in [0.3, 0.4) is 0 Å². The Labute approximate surface area is 119 Å². The Hall–Kier alpha value is -0.470. The van der Waals surface area contributed by atoms with Gasteiger partial charge in [-0.2, -0.15) is 4.31 Å². The Bertz CT molecular complexity index is 481. The molecular weight excluding hydrogens is 284 g/mol. The van der Waals surface area contributed by atoms with E-state index in [0.29, 0.717) is 10.8 Å². The van der Waals surface area contributed by atoms with Crippen molar-refractivity contribution >= 4 is 21.4 Å². The van der Waals surface area contributed by atoms with Crippen LogP contribution < -0.4 is 5.73 Å². The van der Waals surface area contributed by atoms with Gasteiger partial charge >= 0.3 is 0 Å². The molecule has 5 nitrogen and oxygen atoms in total. The summed E-state index contributed by atoms with van der Waals surface area (Å²) in [5.74, 6) is 0. The Morgan fingerprint density at radius 1 is 1.37 bits per heavy atom. The summed E-state index contributed by atoms with van der Waals surface area (Å²) in [7, 11) is -3.54. The first kappa shape index (κ1) is 16.6. The summed E-state index contributed by atoms with van der Waals surface area (Å²) in [5, 5.41) is 9.12. The van der Waals surface area contributed by atoms with E-state index >= 15 is 0 Å². The third kappa shape index (κ3) is 3.76. The number of nitrogens with zero attached hydrogens (tertiary/aromatic N) is 1. The van der Waals surface area contributed by atoms with Gasteiger partial charge in [0.15, 0.2) is 0 Å². The molecular formula is C12H22N2O3S2. The highest BCUT2D eigenvalue weighted by Gasteiger charge is 2.30. The lowest BCUT2D eigenvalue weighted by atomic mass is 10.2. The average Bonchev–Trinajstić information content (AvgIpc) is 2.88. The first-order valence-corrected chi connectivity index (χ1v) is 8.68. The number of aliphatic hydroxyl groups is 1. The van der Waals surface area contributed by atoms with Crippen molar-refractivity contribution in [3.8, 4) is 0 Å². The molecule has 19 heavy (non-hydrogen) atoms. The molecule has 0 saturated heterocycles. The van der Waals surface area contributed by atoms with Gasteiger partial charge in [-0.1, -0.05) is 13.8 Å². The fourth-order valence-electron chi connectivity index (χ4n) is 2.02. The van der Waals surface area contributed by atoms with Crippen molar-refractivity contribution in [1.29, 1.82) is 0 Å². The van der Waals surface area contributed by atoms with Crippen LogP contribution in [0.15, 0.2) is 16.3 Å². The van der Waals surface area contributed by atoms with Gasteiger partial charge in [-0.3, -0.25) is 0 Å². The molecule has 1 heterocycles. The molecule has 1 aromatic heterocycles. The fourth-order valence-corrected chi connectivity index (χ4v) is 5.14. The lowest BCUT2D eigenvalue weighted by molar-refractivity contribution is 0.220. The van der Waals surface area contributed by atoms with Crippen molar-refractivity contribution in [1.82, 2.24) is 4.31 Å². The standard InChI is InChI=1S/C12H22N2O3S2/c1-3-10(4-2)14(7-8-15)19(16,17)12-6-5-11(9-13)18-12/h5-6,10,15H,3-4,7-9,13H2,1-2H3. The van der Waals surface area contributed by atoms with E-state index in [2.05, 4.69) is 0 Å². The highest BCUT2D eigenvalue weighted by atomic mass is 32.2. The van der Waals surface area contributed by atoms with Gasteiger partial charge in [0.25, 0.3) is 10.0 Å². The minimum absolute atomic E-state index is 0.0828. The molecule has 0 spiro atoms. The molecule has 0 aromatic carbocycles. The van der Waals surface area contributed by atoms with Crippen molar-refractivity contribution in [2.45, 2.75) is 43.5 Å². The molecule has 3 N–H and O–H groups in total. The van der Waals surface area contributed by atoms with Gasteiger partial charge in [0.2, 0.25) is 0 Å². The first-order valence-electron chi connectivity index (χ1n) is 6.42. The summed E-state index contributed by atoms with van der Waals surface area (Å²) in [4.78, 5) is 0.840. The molecule has 1 aromatic rings. The molecule has 1 rings (SSSR count). The number of hydrogen-bond donors (Lipinski definition) is 2. The molecule has 7 heteroatoms. The molecule has 0 radical (unpaired) electrons. The summed E-state index contributed by atoms with van der Waals surface area (Å²) in [6.07, 6.45) is 1.45. The predicted octanol–water partition coefficient (Wildman–Crippen LogP) is 1.38. The van der Waals surface area contributed by atoms with E-state index in [-0.39, 0.29) is 19.2 Å². The fraction of sp³-hybridized carbons (Fsp3) is 0.667. The number of sulfonamides is 1. The van der Waals surface area contributed by atoms with Gasteiger partial charge < -0.3 is 10.8 Å². The van der Waals surface area contributed by atoms with Gasteiger partial charge in [0.1, 0.15) is 4.21 Å². The summed E-state index contributed by atoms with van der Waals surface area (Å²) >= 11 is 1.20. The van der Waals surface area contributed by atoms with Crippen LogP contribution in [-0.2, 0) is 16.6 Å². The summed E-state index contributed by atoms with van der Waals surface area (Å²) in [6, 6.07) is 3.25. The van der Waals surface area contributed by atoms with Crippen LogP contribution in [0, 0.1) is 0 Å². The zero-order valence-electron chi connectivity index (χ0n) is 11.4. The normalized spacial score (nSPS) is 12.5. The molecule has 0 fully saturated rings. The maximum atomic E-state index is 12.6. The van der Waals surface area contributed by atoms with Crippen LogP contribution in [0.5, 0.6) is 0 Å². The monoisotopic (exact) mass is 306 g/mol. The molecule has 0 aliphatic heterocycles. The molecule has 0 bridgehead atoms. The summed E-state index contributed by atoms with van der Waals surface area (Å²) in [5.41, 5.74) is 5.52. The van der Waals surface area contributed by atoms with E-state index in [9.17, 15) is 8.42 Å². The average molecular weight is 306 g/mol. The molecule has 0 aliphatic carbocycles. The molecule has 110 valence electrons. The second-order valence-electron chi connectivity index (χ2n) is 4.23. The predicted molar refractivity (Wildman–Crippen MR) is 77.6 cm³/mol. The van der Waals surface area contributed by atoms with Crippen LogP contribution in [-0.4, -0.2) is 37.0 Å². The maximum Gasteiger partial charge on any atom is 0.252 e. The van der Waals surface area contributed by atoms with E-state index in [0.717, 1.165) is 17.7 Å². The van der Waals surface area contributed by atoms with E-state index in [1.54, 1.807) is 12.1 Å². The van der Waals surface area contributed by atoms with Gasteiger partial charge in [-0.25, -0.2) is 8.42 Å². The first-order chi connectivity index (χ1) is 9.01. The summed E-state index contributed by atoms with van der Waals surface area (Å²) in [6.45, 7) is 4.20. The molecule has 0 aliphatic rings. The zero-order chi connectivity index (χ0) is 14.5. The molecule has 0 saturated carbocycles. The third-order valence-electron chi connectivity index (χ3n) is 3.07. The zero-order valence-corrected chi connectivity index (χ0v) is 13.0. The van der Waals surface area contributed by atoms with E-state index in [4.69, 9.17) is 10.8 Å². The van der Waals surface area contributed by atoms with E-state index < -0.39 is 10.0 Å². The van der Waals surface area contributed by atoms with Crippen molar-refractivity contribution < 1.29 is 13.5 Å². The van der Waals surface area contributed by atoms with Crippen LogP contribution in [0.4, 0.5) is 0 Å². The number of nitrogens with two attached hydrogens (primary N) is 1. The third-order valence-corrected chi connectivity index (χ3v) is 6.60. The van der Waals surface area contributed by atoms with E-state index in [1.165, 1.54) is 15.6 Å². The minimum atomic E-state index is -3.54. The SMILES string of the molecule is CCC(CC)N(CCO)S(=O)(=O)c1ccc(CN)s1. The molecule has 0 amide bonds. The maximum absolute atomic E-state index is 12.6. The Kier molecular flexibility index (Phi) is 6.41. The number of aliphatic hydroxyl groups excluding tert-OH is 1. The smallest absolute Gasteiger partial charge is 0.252 e. The van der Waals surface area contributed by atoms with Crippen LogP contribution in [0.25, 0.3) is 0 Å². The minimum Gasteiger partial charge on any atom is -0.395 e. The Morgan fingerprint density at radius 3 is 2.42 bits per heavy atom. The topological polar surface area (TPSA) is 83.6 Å². The number of thiophene rings is 1. The van der Waals surface area contributed by atoms with E-state index in [1.807, 2.05) is 13.8 Å². The second kappa shape index (κ2) is 7.35. The second-order valence-corrected chi connectivity index (χ2v) is 7.52. The summed E-state index contributed by atoms with van der Waals surface area (Å²) < 4.78 is 26.9. The van der Waals surface area contributed by atoms with Gasteiger partial charge in [-0.15, -0.1) is 11.3 Å². The number of rotatable bonds is 8. The Morgan fingerprint density at radius 2 is 2.00 bits per heavy atom. The highest BCUT2D eigenvalue weighted by Crippen LogP contribution is 2.27. The lowest BCUT2D eigenvalue weighted by Gasteiger charge is -2.28. The van der Waals surface area contributed by atoms with Crippen molar-refractivity contribution in [2.75, 3.05) is 13.2 Å². The van der Waals surface area contributed by atoms with Gasteiger partial charge in [-0.05, 0) is 25.0 Å². The molecule has 0 atom stereocenters. The quantitative estimate of drug-likeness (QED) is 0.760. The highest BCUT2D eigenvalue weighted by molar-refractivity contribution is 7.91. The van der Waals surface area contributed by atoms with Gasteiger partial charge in [0.05, 0.1) is 6.61 Å². The van der Waals surface area contributed by atoms with Crippen LogP contribution in [0.2, 0.25) is 0 Å². The number of hydrogen-bond acceptors (Lipinski definition) is 5. The van der Waals surface area contributed by atoms with Crippen LogP contribution >= 0.6 is 11.3 Å². The van der Waals surface area contributed by atoms with Crippen LogP contribution in [0.1, 0.15) is 31.6 Å². The molecule has 0 unspecified atom stereocenters. The van der Waals surface area contributed by atoms with Gasteiger partial charge in [0, 0.05) is 24.0 Å². The van der Waals surface area contributed by atoms with Crippen molar-refractivity contribution in [3.63, 3.8) is 0 Å². The largest absolute Gasteiger partial charge is 0.395 e. The van der Waals surface area contributed by atoms with Crippen molar-refractivity contribution in [3.05, 3.63) is 17.0 Å². The van der Waals surface area contributed by atoms with Crippen molar-refractivity contribution in [2.24, 2.45) is 5.73 Å². The lowest BCUT2D eigenvalue weighted by Crippen LogP contribution is -2.41. The Balaban J connectivity index is 3.11.